The van der Waals surface area contributed by atoms with Gasteiger partial charge in [-0.3, -0.25) is 4.79 Å². The van der Waals surface area contributed by atoms with Crippen molar-refractivity contribution in [3.8, 4) is 0 Å². The van der Waals surface area contributed by atoms with Gasteiger partial charge in [0.05, 0.1) is 12.6 Å². The molecule has 3 atom stereocenters. The van der Waals surface area contributed by atoms with Gasteiger partial charge in [0.25, 0.3) is 5.96 Å². The maximum atomic E-state index is 11.6. The molecule has 1 rings (SSSR count). The summed E-state index contributed by atoms with van der Waals surface area (Å²) in [4.78, 5) is 53.2. The van der Waals surface area contributed by atoms with E-state index in [1.807, 2.05) is 0 Å². The zero-order valence-corrected chi connectivity index (χ0v) is 17.5. The van der Waals surface area contributed by atoms with E-state index in [2.05, 4.69) is 33.2 Å². The zero-order chi connectivity index (χ0) is 24.0. The second kappa shape index (κ2) is 14.5. The number of aliphatic hydroxyl groups is 1. The van der Waals surface area contributed by atoms with E-state index in [9.17, 15) is 29.4 Å². The van der Waals surface area contributed by atoms with Gasteiger partial charge in [-0.15, -0.1) is 0 Å². The molecule has 1 aliphatic rings. The Bertz CT molecular complexity index is 665. The third-order valence-corrected chi connectivity index (χ3v) is 3.85. The minimum absolute atomic E-state index is 0.00569. The number of carboxylic acids is 2. The van der Waals surface area contributed by atoms with Crippen molar-refractivity contribution >= 4 is 36.6 Å². The van der Waals surface area contributed by atoms with E-state index in [-0.39, 0.29) is 25.0 Å². The van der Waals surface area contributed by atoms with E-state index in [0.29, 0.717) is 13.0 Å². The number of aliphatic hydroxyl groups excluding tert-OH is 1. The molecule has 3 amide bonds. The summed E-state index contributed by atoms with van der Waals surface area (Å²) in [6.07, 6.45) is 0.803. The molecule has 3 unspecified atom stereocenters. The van der Waals surface area contributed by atoms with Gasteiger partial charge in [0.15, 0.2) is 6.04 Å². The Morgan fingerprint density at radius 2 is 1.90 bits per heavy atom. The minimum Gasteiger partial charge on any atom is -0.480 e. The van der Waals surface area contributed by atoms with Crippen molar-refractivity contribution in [1.29, 1.82) is 0 Å². The van der Waals surface area contributed by atoms with E-state index in [4.69, 9.17) is 9.94 Å². The van der Waals surface area contributed by atoms with Gasteiger partial charge in [-0.2, -0.15) is 0 Å². The van der Waals surface area contributed by atoms with Gasteiger partial charge in [0, 0.05) is 13.5 Å². The van der Waals surface area contributed by atoms with Crippen LogP contribution in [0, 0.1) is 0 Å². The summed E-state index contributed by atoms with van der Waals surface area (Å²) in [5, 5.41) is 35.6. The van der Waals surface area contributed by atoms with Gasteiger partial charge in [-0.25, -0.2) is 19.4 Å². The summed E-state index contributed by atoms with van der Waals surface area (Å²) in [5.41, 5.74) is 4.47. The van der Waals surface area contributed by atoms with Crippen LogP contribution in [0.5, 0.6) is 0 Å². The first-order valence-corrected chi connectivity index (χ1v) is 9.38. The highest BCUT2D eigenvalue weighted by atomic mass is 16.6. The number of hydrogen-bond acceptors (Lipinski definition) is 7. The summed E-state index contributed by atoms with van der Waals surface area (Å²) in [7, 11) is 0. The van der Waals surface area contributed by atoms with Crippen LogP contribution in [0.1, 0.15) is 33.1 Å². The Morgan fingerprint density at radius 1 is 1.29 bits per heavy atom. The molecular weight excluding hydrogens is 416 g/mol. The van der Waals surface area contributed by atoms with Crippen molar-refractivity contribution in [2.45, 2.75) is 51.3 Å². The number of nitrogens with zero attached hydrogens (tertiary/aromatic N) is 3. The quantitative estimate of drug-likeness (QED) is 0.111. The summed E-state index contributed by atoms with van der Waals surface area (Å²) in [6.45, 7) is 6.31. The van der Waals surface area contributed by atoms with Crippen LogP contribution in [-0.2, 0) is 19.2 Å². The Balaban J connectivity index is 0.00000206. The number of aliphatic imine (C=N–C) groups is 1. The van der Waals surface area contributed by atoms with Crippen LogP contribution in [0.4, 0.5) is 4.79 Å². The monoisotopic (exact) mass is 446 g/mol. The van der Waals surface area contributed by atoms with Crippen LogP contribution in [0.25, 0.3) is 0 Å². The van der Waals surface area contributed by atoms with Crippen molar-refractivity contribution in [2.24, 2.45) is 15.9 Å². The largest absolute Gasteiger partial charge is 0.480 e. The predicted molar refractivity (Wildman–Crippen MR) is 109 cm³/mol. The number of carbonyl (C=O) groups excluding carboxylic acids is 2. The number of aliphatic carboxylic acids is 2. The lowest BCUT2D eigenvalue weighted by molar-refractivity contribution is -0.143. The topological polar surface area (TPSA) is 216 Å². The van der Waals surface area contributed by atoms with Gasteiger partial charge in [0.1, 0.15) is 12.6 Å². The number of nitrogens with two attached hydrogens (primary N) is 1. The summed E-state index contributed by atoms with van der Waals surface area (Å²) < 4.78 is 0. The third kappa shape index (κ3) is 11.4. The normalized spacial score (nSPS) is 17.8. The van der Waals surface area contributed by atoms with Crippen LogP contribution in [0.15, 0.2) is 10.1 Å². The highest BCUT2D eigenvalue weighted by Gasteiger charge is 2.31. The molecule has 0 spiro atoms. The van der Waals surface area contributed by atoms with Crippen molar-refractivity contribution in [2.75, 3.05) is 19.7 Å². The van der Waals surface area contributed by atoms with Gasteiger partial charge in [-0.05, 0) is 38.1 Å². The van der Waals surface area contributed by atoms with Crippen LogP contribution < -0.4 is 16.4 Å². The average Bonchev–Trinajstić information content (AvgIpc) is 2.68. The van der Waals surface area contributed by atoms with Gasteiger partial charge in [-0.1, -0.05) is 0 Å². The molecular formula is C17H30N6O8. The summed E-state index contributed by atoms with van der Waals surface area (Å²) >= 11 is 0. The van der Waals surface area contributed by atoms with Gasteiger partial charge < -0.3 is 41.4 Å². The lowest BCUT2D eigenvalue weighted by Gasteiger charge is -2.32. The molecule has 31 heavy (non-hydrogen) atoms. The average molecular weight is 446 g/mol. The molecule has 1 heterocycles. The van der Waals surface area contributed by atoms with Crippen molar-refractivity contribution in [3.63, 3.8) is 0 Å². The fourth-order valence-corrected chi connectivity index (χ4v) is 2.49. The number of piperidine rings is 1. The SMILES string of the molecule is C=N/C(=N\OCCNC(=O)NC(C(=O)O)C(C)O)N1CCCCC1C(=O)O.CC(N)=O. The van der Waals surface area contributed by atoms with Crippen LogP contribution in [0.3, 0.4) is 0 Å². The van der Waals surface area contributed by atoms with E-state index >= 15 is 0 Å². The highest BCUT2D eigenvalue weighted by molar-refractivity contribution is 5.88. The summed E-state index contributed by atoms with van der Waals surface area (Å²) in [6, 6.07) is -2.98. The molecule has 14 heteroatoms. The second-order valence-electron chi connectivity index (χ2n) is 6.49. The number of primary amides is 1. The number of carbonyl (C=O) groups is 4. The predicted octanol–water partition coefficient (Wildman–Crippen LogP) is -1.46. The zero-order valence-electron chi connectivity index (χ0n) is 17.5. The molecule has 176 valence electrons. The number of urea groups is 1. The first-order chi connectivity index (χ1) is 14.5. The van der Waals surface area contributed by atoms with E-state index in [0.717, 1.165) is 12.8 Å². The van der Waals surface area contributed by atoms with Crippen molar-refractivity contribution in [3.05, 3.63) is 0 Å². The van der Waals surface area contributed by atoms with Crippen molar-refractivity contribution in [1.82, 2.24) is 15.5 Å². The van der Waals surface area contributed by atoms with Crippen molar-refractivity contribution < 1.29 is 39.3 Å². The van der Waals surface area contributed by atoms with Crippen LogP contribution >= 0.6 is 0 Å². The lowest BCUT2D eigenvalue weighted by Crippen LogP contribution is -2.51. The second-order valence-corrected chi connectivity index (χ2v) is 6.49. The van der Waals surface area contributed by atoms with Gasteiger partial charge >= 0.3 is 18.0 Å². The molecule has 7 N–H and O–H groups in total. The maximum absolute atomic E-state index is 11.6. The minimum atomic E-state index is -1.44. The fraction of sp³-hybridized carbons (Fsp3) is 0.647. The Labute approximate surface area is 179 Å². The molecule has 0 aromatic carbocycles. The first-order valence-electron chi connectivity index (χ1n) is 9.38. The standard InChI is InChI=1S/C15H25N5O7.C2H5NO/c1-9(21)11(13(24)25)18-15(26)17-6-8-27-19-14(16-2)20-7-4-3-5-10(20)12(22)23;1-2(3)4/h9-11,21H,2-8H2,1H3,(H,22,23)(H,24,25)(H2,17,18,26);1H3,(H2,3,4)/b19-14+;. The van der Waals surface area contributed by atoms with E-state index < -0.39 is 36.2 Å². The van der Waals surface area contributed by atoms with Crippen LogP contribution in [0.2, 0.25) is 0 Å². The molecule has 1 saturated heterocycles. The number of nitrogens with one attached hydrogen (secondary N) is 2. The van der Waals surface area contributed by atoms with Gasteiger partial charge in [0.2, 0.25) is 5.91 Å². The number of oxime groups is 1. The third-order valence-electron chi connectivity index (χ3n) is 3.85. The molecule has 0 aromatic rings. The highest BCUT2D eigenvalue weighted by Crippen LogP contribution is 2.18. The molecule has 0 bridgehead atoms. The number of hydrogen-bond donors (Lipinski definition) is 6. The van der Waals surface area contributed by atoms with E-state index in [1.165, 1.54) is 18.7 Å². The molecule has 0 saturated carbocycles. The van der Waals surface area contributed by atoms with E-state index in [1.54, 1.807) is 0 Å². The molecule has 1 fully saturated rings. The number of rotatable bonds is 8. The maximum Gasteiger partial charge on any atom is 0.328 e. The smallest absolute Gasteiger partial charge is 0.328 e. The Kier molecular flexibility index (Phi) is 12.9. The number of carboxylic acid groups (broad SMARTS) is 2. The summed E-state index contributed by atoms with van der Waals surface area (Å²) in [5.74, 6) is -2.63. The fourth-order valence-electron chi connectivity index (χ4n) is 2.49. The molecule has 1 aliphatic heterocycles. The molecule has 0 aromatic heterocycles. The molecule has 0 radical (unpaired) electrons. The first kappa shape index (κ1) is 27.6. The number of amides is 3. The molecule has 0 aliphatic carbocycles. The van der Waals surface area contributed by atoms with Crippen LogP contribution in [-0.4, -0.2) is 94.7 Å². The lowest BCUT2D eigenvalue weighted by atomic mass is 10.0. The number of guanidine groups is 1. The molecule has 14 nitrogen and oxygen atoms in total. The number of likely N-dealkylation sites (tertiary alicyclic amines) is 1. The Morgan fingerprint density at radius 3 is 2.39 bits per heavy atom. The Hall–Kier alpha value is -3.42.